The lowest BCUT2D eigenvalue weighted by Crippen LogP contribution is -2.23. The van der Waals surface area contributed by atoms with E-state index in [-0.39, 0.29) is 17.4 Å². The van der Waals surface area contributed by atoms with Gasteiger partial charge in [0.25, 0.3) is 11.5 Å². The van der Waals surface area contributed by atoms with Gasteiger partial charge in [-0.3, -0.25) is 14.4 Å². The number of amides is 2. The summed E-state index contributed by atoms with van der Waals surface area (Å²) in [7, 11) is 0. The second-order valence-corrected chi connectivity index (χ2v) is 7.22. The summed E-state index contributed by atoms with van der Waals surface area (Å²) in [4.78, 5) is 40.0. The van der Waals surface area contributed by atoms with Gasteiger partial charge in [-0.25, -0.2) is 0 Å². The smallest absolute Gasteiger partial charge is 0.261 e. The number of anilines is 2. The molecule has 2 heterocycles. The normalized spacial score (nSPS) is 10.6. The molecule has 0 unspecified atom stereocenters. The number of thiophene rings is 1. The van der Waals surface area contributed by atoms with Gasteiger partial charge in [0.05, 0.1) is 10.6 Å². The van der Waals surface area contributed by atoms with Gasteiger partial charge in [0, 0.05) is 17.3 Å². The highest BCUT2D eigenvalue weighted by molar-refractivity contribution is 7.13. The predicted molar refractivity (Wildman–Crippen MR) is 108 cm³/mol. The third kappa shape index (κ3) is 4.51. The molecule has 0 spiro atoms. The molecule has 27 heavy (non-hydrogen) atoms. The van der Waals surface area contributed by atoms with Crippen molar-refractivity contribution in [3.8, 4) is 10.6 Å². The molecule has 2 amide bonds. The van der Waals surface area contributed by atoms with Gasteiger partial charge < -0.3 is 15.6 Å². The van der Waals surface area contributed by atoms with E-state index in [0.717, 1.165) is 4.88 Å². The van der Waals surface area contributed by atoms with E-state index in [2.05, 4.69) is 15.6 Å². The summed E-state index contributed by atoms with van der Waals surface area (Å²) in [5.74, 6) is -0.689. The maximum Gasteiger partial charge on any atom is 0.261 e. The summed E-state index contributed by atoms with van der Waals surface area (Å²) in [6.07, 6.45) is 0. The van der Waals surface area contributed by atoms with Crippen LogP contribution in [0.4, 0.5) is 11.4 Å². The van der Waals surface area contributed by atoms with Crippen molar-refractivity contribution in [2.75, 3.05) is 10.6 Å². The van der Waals surface area contributed by atoms with Crippen LogP contribution in [0, 0.1) is 5.92 Å². The zero-order valence-corrected chi connectivity index (χ0v) is 15.7. The summed E-state index contributed by atoms with van der Waals surface area (Å²) in [6, 6.07) is 13.7. The number of rotatable bonds is 5. The van der Waals surface area contributed by atoms with Crippen LogP contribution in [0.5, 0.6) is 0 Å². The number of aromatic nitrogens is 1. The standard InChI is InChI=1S/C20H19N3O3S/c1-12(2)18(24)21-13-5-7-14(8-6-13)22-19(25)15-9-10-16(23-20(15)26)17-4-3-11-27-17/h3-12H,1-2H3,(H,21,24)(H,22,25)(H,23,26). The second-order valence-electron chi connectivity index (χ2n) is 6.27. The highest BCUT2D eigenvalue weighted by Crippen LogP contribution is 2.21. The van der Waals surface area contributed by atoms with Crippen LogP contribution in [0.15, 0.2) is 58.7 Å². The van der Waals surface area contributed by atoms with E-state index in [1.807, 2.05) is 31.4 Å². The SMILES string of the molecule is CC(C)C(=O)Nc1ccc(NC(=O)c2ccc(-c3cccs3)[nH]c2=O)cc1. The van der Waals surface area contributed by atoms with Crippen molar-refractivity contribution >= 4 is 34.5 Å². The Balaban J connectivity index is 1.70. The molecule has 0 fully saturated rings. The monoisotopic (exact) mass is 381 g/mol. The first-order chi connectivity index (χ1) is 12.9. The van der Waals surface area contributed by atoms with Crippen LogP contribution in [-0.4, -0.2) is 16.8 Å². The largest absolute Gasteiger partial charge is 0.326 e. The number of nitrogens with one attached hydrogen (secondary N) is 3. The van der Waals surface area contributed by atoms with Gasteiger partial charge in [0.15, 0.2) is 0 Å². The number of hydrogen-bond acceptors (Lipinski definition) is 4. The van der Waals surface area contributed by atoms with Crippen LogP contribution < -0.4 is 16.2 Å². The molecule has 7 heteroatoms. The van der Waals surface area contributed by atoms with Gasteiger partial charge >= 0.3 is 0 Å². The van der Waals surface area contributed by atoms with Crippen LogP contribution in [-0.2, 0) is 4.79 Å². The summed E-state index contributed by atoms with van der Waals surface area (Å²) >= 11 is 1.51. The highest BCUT2D eigenvalue weighted by Gasteiger charge is 2.12. The summed E-state index contributed by atoms with van der Waals surface area (Å²) in [5.41, 5.74) is 1.44. The summed E-state index contributed by atoms with van der Waals surface area (Å²) in [5, 5.41) is 7.38. The molecule has 0 saturated carbocycles. The van der Waals surface area contributed by atoms with Crippen LogP contribution in [0.1, 0.15) is 24.2 Å². The van der Waals surface area contributed by atoms with Gasteiger partial charge in [0.2, 0.25) is 5.91 Å². The lowest BCUT2D eigenvalue weighted by Gasteiger charge is -2.09. The maximum atomic E-state index is 12.4. The van der Waals surface area contributed by atoms with E-state index in [1.165, 1.54) is 17.4 Å². The zero-order valence-electron chi connectivity index (χ0n) is 14.9. The molecule has 0 aliphatic heterocycles. The maximum absolute atomic E-state index is 12.4. The molecule has 0 bridgehead atoms. The average Bonchev–Trinajstić information content (AvgIpc) is 3.17. The Hall–Kier alpha value is -3.19. The van der Waals surface area contributed by atoms with E-state index in [0.29, 0.717) is 17.1 Å². The Morgan fingerprint density at radius 2 is 1.63 bits per heavy atom. The zero-order chi connectivity index (χ0) is 19.4. The van der Waals surface area contributed by atoms with Crippen molar-refractivity contribution in [1.82, 2.24) is 4.98 Å². The van der Waals surface area contributed by atoms with Crippen LogP contribution in [0.2, 0.25) is 0 Å². The molecular formula is C20H19N3O3S. The minimum Gasteiger partial charge on any atom is -0.326 e. The Labute approximate surface area is 160 Å². The van der Waals surface area contributed by atoms with E-state index in [1.54, 1.807) is 30.3 Å². The van der Waals surface area contributed by atoms with Crippen molar-refractivity contribution < 1.29 is 9.59 Å². The third-order valence-electron chi connectivity index (χ3n) is 3.88. The van der Waals surface area contributed by atoms with Crippen molar-refractivity contribution in [1.29, 1.82) is 0 Å². The topological polar surface area (TPSA) is 91.1 Å². The molecule has 138 valence electrons. The van der Waals surface area contributed by atoms with Gasteiger partial charge in [-0.1, -0.05) is 19.9 Å². The van der Waals surface area contributed by atoms with Gasteiger partial charge in [-0.15, -0.1) is 11.3 Å². The lowest BCUT2D eigenvalue weighted by molar-refractivity contribution is -0.118. The average molecular weight is 381 g/mol. The van der Waals surface area contributed by atoms with Crippen molar-refractivity contribution in [2.24, 2.45) is 5.92 Å². The molecule has 0 atom stereocenters. The molecule has 0 radical (unpaired) electrons. The van der Waals surface area contributed by atoms with E-state index < -0.39 is 11.5 Å². The molecule has 1 aromatic carbocycles. The number of aromatic amines is 1. The fourth-order valence-corrected chi connectivity index (χ4v) is 3.06. The van der Waals surface area contributed by atoms with E-state index >= 15 is 0 Å². The number of carbonyl (C=O) groups excluding carboxylic acids is 2. The fraction of sp³-hybridized carbons (Fsp3) is 0.150. The number of H-pyrrole nitrogens is 1. The minimum absolute atomic E-state index is 0.0347. The van der Waals surface area contributed by atoms with Crippen molar-refractivity contribution in [2.45, 2.75) is 13.8 Å². The van der Waals surface area contributed by atoms with Crippen LogP contribution in [0.3, 0.4) is 0 Å². The first-order valence-corrected chi connectivity index (χ1v) is 9.31. The second kappa shape index (κ2) is 8.01. The first kappa shape index (κ1) is 18.6. The first-order valence-electron chi connectivity index (χ1n) is 8.43. The minimum atomic E-state index is -0.493. The van der Waals surface area contributed by atoms with Gasteiger partial charge in [0.1, 0.15) is 5.56 Å². The number of benzene rings is 1. The highest BCUT2D eigenvalue weighted by atomic mass is 32.1. The molecular weight excluding hydrogens is 362 g/mol. The predicted octanol–water partition coefficient (Wildman–Crippen LogP) is 3.95. The van der Waals surface area contributed by atoms with Gasteiger partial charge in [-0.2, -0.15) is 0 Å². The quantitative estimate of drug-likeness (QED) is 0.625. The number of carbonyl (C=O) groups is 2. The lowest BCUT2D eigenvalue weighted by atomic mass is 10.2. The Morgan fingerprint density at radius 1 is 0.963 bits per heavy atom. The van der Waals surface area contributed by atoms with E-state index in [9.17, 15) is 14.4 Å². The number of pyridine rings is 1. The number of hydrogen-bond donors (Lipinski definition) is 3. The molecule has 0 saturated heterocycles. The van der Waals surface area contributed by atoms with Crippen LogP contribution >= 0.6 is 11.3 Å². The van der Waals surface area contributed by atoms with E-state index in [4.69, 9.17) is 0 Å². The summed E-state index contributed by atoms with van der Waals surface area (Å²) < 4.78 is 0. The fourth-order valence-electron chi connectivity index (χ4n) is 2.35. The van der Waals surface area contributed by atoms with Crippen LogP contribution in [0.25, 0.3) is 10.6 Å². The molecule has 3 rings (SSSR count). The molecule has 3 N–H and O–H groups in total. The van der Waals surface area contributed by atoms with Crippen molar-refractivity contribution in [3.63, 3.8) is 0 Å². The molecule has 0 aliphatic rings. The molecule has 6 nitrogen and oxygen atoms in total. The Bertz CT molecular complexity index is 1010. The van der Waals surface area contributed by atoms with Crippen molar-refractivity contribution in [3.05, 3.63) is 69.8 Å². The Morgan fingerprint density at radius 3 is 2.19 bits per heavy atom. The molecule has 0 aliphatic carbocycles. The Kier molecular flexibility index (Phi) is 5.52. The van der Waals surface area contributed by atoms with Gasteiger partial charge in [-0.05, 0) is 47.8 Å². The third-order valence-corrected chi connectivity index (χ3v) is 4.78. The molecule has 3 aromatic rings. The molecule has 2 aromatic heterocycles. The summed E-state index contributed by atoms with van der Waals surface area (Å²) in [6.45, 7) is 3.62.